The monoisotopic (exact) mass is 197 g/mol. The van der Waals surface area contributed by atoms with E-state index in [1.165, 1.54) is 0 Å². The van der Waals surface area contributed by atoms with Crippen molar-refractivity contribution in [2.75, 3.05) is 5.73 Å². The van der Waals surface area contributed by atoms with Gasteiger partial charge in [0.1, 0.15) is 5.82 Å². The molecule has 0 saturated heterocycles. The van der Waals surface area contributed by atoms with E-state index in [-0.39, 0.29) is 0 Å². The van der Waals surface area contributed by atoms with Crippen LogP contribution in [0, 0.1) is 0 Å². The normalized spacial score (nSPS) is 10.7. The summed E-state index contributed by atoms with van der Waals surface area (Å²) in [5.41, 5.74) is 6.66. The molecule has 15 heavy (non-hydrogen) atoms. The van der Waals surface area contributed by atoms with Crippen LogP contribution in [-0.2, 0) is 0 Å². The second-order valence-electron chi connectivity index (χ2n) is 3.08. The summed E-state index contributed by atoms with van der Waals surface area (Å²) in [6.45, 7) is 0. The van der Waals surface area contributed by atoms with E-state index in [4.69, 9.17) is 5.73 Å². The maximum atomic E-state index is 5.54. The Bertz CT molecular complexity index is 463. The van der Waals surface area contributed by atoms with Crippen LogP contribution in [0.3, 0.4) is 0 Å². The smallest absolute Gasteiger partial charge is 0.154 e. The second-order valence-corrected chi connectivity index (χ2v) is 3.08. The topological polar surface area (TPSA) is 51.8 Å². The SMILES string of the molecule is Nc1ccnc(C=Cc2ccccc2)n1. The molecule has 0 aliphatic heterocycles. The van der Waals surface area contributed by atoms with Crippen LogP contribution in [-0.4, -0.2) is 9.97 Å². The van der Waals surface area contributed by atoms with Crippen molar-refractivity contribution in [1.82, 2.24) is 9.97 Å². The average Bonchev–Trinajstić information content (AvgIpc) is 2.28. The summed E-state index contributed by atoms with van der Waals surface area (Å²) in [4.78, 5) is 8.14. The Morgan fingerprint density at radius 2 is 1.80 bits per heavy atom. The number of aromatic nitrogens is 2. The van der Waals surface area contributed by atoms with Gasteiger partial charge in [-0.3, -0.25) is 0 Å². The van der Waals surface area contributed by atoms with Gasteiger partial charge >= 0.3 is 0 Å². The van der Waals surface area contributed by atoms with Gasteiger partial charge < -0.3 is 5.73 Å². The van der Waals surface area contributed by atoms with Crippen LogP contribution in [0.1, 0.15) is 11.4 Å². The van der Waals surface area contributed by atoms with Crippen LogP contribution in [0.2, 0.25) is 0 Å². The average molecular weight is 197 g/mol. The molecule has 2 aromatic rings. The van der Waals surface area contributed by atoms with Crippen LogP contribution in [0.5, 0.6) is 0 Å². The lowest BCUT2D eigenvalue weighted by Crippen LogP contribution is -1.93. The van der Waals surface area contributed by atoms with E-state index in [0.717, 1.165) is 5.56 Å². The van der Waals surface area contributed by atoms with Gasteiger partial charge in [0, 0.05) is 6.20 Å². The molecule has 0 radical (unpaired) electrons. The van der Waals surface area contributed by atoms with E-state index < -0.39 is 0 Å². The van der Waals surface area contributed by atoms with Crippen LogP contribution < -0.4 is 5.73 Å². The van der Waals surface area contributed by atoms with Crippen molar-refractivity contribution in [3.05, 3.63) is 54.0 Å². The van der Waals surface area contributed by atoms with Crippen molar-refractivity contribution in [2.45, 2.75) is 0 Å². The largest absolute Gasteiger partial charge is 0.384 e. The Hall–Kier alpha value is -2.16. The Morgan fingerprint density at radius 3 is 2.53 bits per heavy atom. The van der Waals surface area contributed by atoms with E-state index in [1.54, 1.807) is 12.3 Å². The third kappa shape index (κ3) is 2.64. The fourth-order valence-corrected chi connectivity index (χ4v) is 1.20. The van der Waals surface area contributed by atoms with Gasteiger partial charge in [0.2, 0.25) is 0 Å². The van der Waals surface area contributed by atoms with E-state index in [0.29, 0.717) is 11.6 Å². The van der Waals surface area contributed by atoms with E-state index in [9.17, 15) is 0 Å². The molecule has 2 N–H and O–H groups in total. The molecule has 0 atom stereocenters. The summed E-state index contributed by atoms with van der Waals surface area (Å²) in [5.74, 6) is 1.11. The molecule has 0 aliphatic rings. The molecule has 1 heterocycles. The molecule has 1 aromatic carbocycles. The van der Waals surface area contributed by atoms with Crippen molar-refractivity contribution >= 4 is 18.0 Å². The van der Waals surface area contributed by atoms with Crippen LogP contribution in [0.25, 0.3) is 12.2 Å². The standard InChI is InChI=1S/C12H11N3/c13-11-8-9-14-12(15-11)7-6-10-4-2-1-3-5-10/h1-9H,(H2,13,14,15). The highest BCUT2D eigenvalue weighted by Crippen LogP contribution is 2.05. The van der Waals surface area contributed by atoms with Crippen molar-refractivity contribution in [2.24, 2.45) is 0 Å². The highest BCUT2D eigenvalue weighted by molar-refractivity contribution is 5.66. The summed E-state index contributed by atoms with van der Waals surface area (Å²) in [5, 5.41) is 0. The Balaban J connectivity index is 2.19. The summed E-state index contributed by atoms with van der Waals surface area (Å²) in [6, 6.07) is 11.7. The zero-order valence-corrected chi connectivity index (χ0v) is 8.17. The van der Waals surface area contributed by atoms with Crippen molar-refractivity contribution in [1.29, 1.82) is 0 Å². The lowest BCUT2D eigenvalue weighted by molar-refractivity contribution is 1.14. The minimum atomic E-state index is 0.484. The van der Waals surface area contributed by atoms with Crippen LogP contribution in [0.4, 0.5) is 5.82 Å². The molecular formula is C12H11N3. The van der Waals surface area contributed by atoms with Crippen LogP contribution >= 0.6 is 0 Å². The predicted molar refractivity (Wildman–Crippen MR) is 61.8 cm³/mol. The number of hydrogen-bond donors (Lipinski definition) is 1. The molecule has 0 spiro atoms. The van der Waals surface area contributed by atoms with Gasteiger partial charge in [-0.15, -0.1) is 0 Å². The molecule has 0 unspecified atom stereocenters. The predicted octanol–water partition coefficient (Wildman–Crippen LogP) is 2.23. The molecule has 2 rings (SSSR count). The first-order valence-corrected chi connectivity index (χ1v) is 4.66. The molecule has 3 heteroatoms. The summed E-state index contributed by atoms with van der Waals surface area (Å²) >= 11 is 0. The number of nitrogen functional groups attached to an aromatic ring is 1. The van der Waals surface area contributed by atoms with Crippen molar-refractivity contribution in [3.63, 3.8) is 0 Å². The lowest BCUT2D eigenvalue weighted by Gasteiger charge is -1.94. The fourth-order valence-electron chi connectivity index (χ4n) is 1.20. The third-order valence-corrected chi connectivity index (χ3v) is 1.92. The highest BCUT2D eigenvalue weighted by Gasteiger charge is 1.90. The second kappa shape index (κ2) is 4.37. The third-order valence-electron chi connectivity index (χ3n) is 1.92. The zero-order chi connectivity index (χ0) is 10.5. The van der Waals surface area contributed by atoms with Crippen molar-refractivity contribution in [3.8, 4) is 0 Å². The summed E-state index contributed by atoms with van der Waals surface area (Å²) < 4.78 is 0. The van der Waals surface area contributed by atoms with Gasteiger partial charge in [0.15, 0.2) is 5.82 Å². The molecule has 74 valence electrons. The number of anilines is 1. The van der Waals surface area contributed by atoms with Gasteiger partial charge in [-0.2, -0.15) is 0 Å². The Morgan fingerprint density at radius 1 is 1.00 bits per heavy atom. The van der Waals surface area contributed by atoms with Gasteiger partial charge in [-0.25, -0.2) is 9.97 Å². The molecule has 3 nitrogen and oxygen atoms in total. The first-order valence-electron chi connectivity index (χ1n) is 4.66. The number of rotatable bonds is 2. The van der Waals surface area contributed by atoms with Crippen molar-refractivity contribution < 1.29 is 0 Å². The number of benzene rings is 1. The molecule has 0 bridgehead atoms. The van der Waals surface area contributed by atoms with E-state index in [2.05, 4.69) is 9.97 Å². The molecule has 0 amide bonds. The summed E-state index contributed by atoms with van der Waals surface area (Å²) in [7, 11) is 0. The molecule has 0 saturated carbocycles. The molecule has 0 fully saturated rings. The maximum absolute atomic E-state index is 5.54. The minimum Gasteiger partial charge on any atom is -0.384 e. The zero-order valence-electron chi connectivity index (χ0n) is 8.17. The number of nitrogens with two attached hydrogens (primary N) is 1. The molecular weight excluding hydrogens is 186 g/mol. The maximum Gasteiger partial charge on any atom is 0.154 e. The van der Waals surface area contributed by atoms with Gasteiger partial charge in [0.05, 0.1) is 0 Å². The molecule has 1 aromatic heterocycles. The molecule has 0 aliphatic carbocycles. The van der Waals surface area contributed by atoms with E-state index >= 15 is 0 Å². The van der Waals surface area contributed by atoms with Gasteiger partial charge in [0.25, 0.3) is 0 Å². The summed E-state index contributed by atoms with van der Waals surface area (Å²) in [6.07, 6.45) is 5.44. The lowest BCUT2D eigenvalue weighted by atomic mass is 10.2. The minimum absolute atomic E-state index is 0.484. The first kappa shape index (κ1) is 9.40. The number of nitrogens with zero attached hydrogens (tertiary/aromatic N) is 2. The fraction of sp³-hybridized carbons (Fsp3) is 0. The number of hydrogen-bond acceptors (Lipinski definition) is 3. The Labute approximate surface area is 88.3 Å². The van der Waals surface area contributed by atoms with Crippen LogP contribution in [0.15, 0.2) is 42.6 Å². The van der Waals surface area contributed by atoms with Gasteiger partial charge in [-0.05, 0) is 17.7 Å². The highest BCUT2D eigenvalue weighted by atomic mass is 14.9. The first-order chi connectivity index (χ1) is 7.34. The van der Waals surface area contributed by atoms with Gasteiger partial charge in [-0.1, -0.05) is 36.4 Å². The van der Waals surface area contributed by atoms with E-state index in [1.807, 2.05) is 42.5 Å². The Kier molecular flexibility index (Phi) is 2.74. The quantitative estimate of drug-likeness (QED) is 0.803.